The molecule has 0 aliphatic rings. The van der Waals surface area contributed by atoms with E-state index in [0.717, 1.165) is 0 Å². The van der Waals surface area contributed by atoms with Crippen molar-refractivity contribution in [3.63, 3.8) is 0 Å². The van der Waals surface area contributed by atoms with Crippen LogP contribution < -0.4 is 0 Å². The molecule has 0 aliphatic carbocycles. The average molecular weight is 325 g/mol. The number of phenols is 2. The van der Waals surface area contributed by atoms with Gasteiger partial charge in [-0.15, -0.1) is 0 Å². The third-order valence-corrected chi connectivity index (χ3v) is 3.42. The first-order chi connectivity index (χ1) is 9.81. The number of phenolic OH excluding ortho intramolecular Hbond substituents is 2. The summed E-state index contributed by atoms with van der Waals surface area (Å²) in [4.78, 5) is 23.8. The maximum Gasteiger partial charge on any atom is 0.196 e. The quantitative estimate of drug-likeness (QED) is 0.841. The van der Waals surface area contributed by atoms with Crippen LogP contribution in [0.15, 0.2) is 30.3 Å². The standard InChI is InChI=1S/C15H10Cl2O4/c1-7(18)10-4-8(2-3-13(10)19)14(20)11-5-9(16)6-12(17)15(11)21/h2-6,19,21H,1H3. The summed E-state index contributed by atoms with van der Waals surface area (Å²) in [7, 11) is 0. The highest BCUT2D eigenvalue weighted by Gasteiger charge is 2.19. The van der Waals surface area contributed by atoms with Crippen molar-refractivity contribution in [3.8, 4) is 11.5 Å². The van der Waals surface area contributed by atoms with Crippen LogP contribution in [-0.2, 0) is 0 Å². The van der Waals surface area contributed by atoms with Gasteiger partial charge in [-0.05, 0) is 37.3 Å². The van der Waals surface area contributed by atoms with Crippen molar-refractivity contribution in [2.75, 3.05) is 0 Å². The van der Waals surface area contributed by atoms with Gasteiger partial charge in [-0.1, -0.05) is 23.2 Å². The number of ketones is 2. The van der Waals surface area contributed by atoms with Crippen molar-refractivity contribution in [1.29, 1.82) is 0 Å². The van der Waals surface area contributed by atoms with Gasteiger partial charge in [0.15, 0.2) is 11.6 Å². The molecule has 0 heterocycles. The normalized spacial score (nSPS) is 10.4. The molecule has 2 rings (SSSR count). The minimum absolute atomic E-state index is 0.0217. The van der Waals surface area contributed by atoms with E-state index in [2.05, 4.69) is 0 Å². The molecule has 21 heavy (non-hydrogen) atoms. The number of rotatable bonds is 3. The maximum atomic E-state index is 12.4. The third kappa shape index (κ3) is 3.01. The largest absolute Gasteiger partial charge is 0.507 e. The molecule has 6 heteroatoms. The lowest BCUT2D eigenvalue weighted by molar-refractivity contribution is 0.101. The van der Waals surface area contributed by atoms with Gasteiger partial charge in [-0.3, -0.25) is 9.59 Å². The Morgan fingerprint density at radius 1 is 1.00 bits per heavy atom. The summed E-state index contributed by atoms with van der Waals surface area (Å²) >= 11 is 11.6. The Labute approximate surface area is 130 Å². The fourth-order valence-corrected chi connectivity index (χ4v) is 2.35. The van der Waals surface area contributed by atoms with Crippen LogP contribution in [0.4, 0.5) is 0 Å². The van der Waals surface area contributed by atoms with Crippen molar-refractivity contribution in [1.82, 2.24) is 0 Å². The van der Waals surface area contributed by atoms with E-state index in [1.54, 1.807) is 0 Å². The molecule has 0 atom stereocenters. The second-order valence-corrected chi connectivity index (χ2v) is 5.24. The van der Waals surface area contributed by atoms with Gasteiger partial charge in [0.2, 0.25) is 0 Å². The minimum atomic E-state index is -0.556. The van der Waals surface area contributed by atoms with Gasteiger partial charge in [0, 0.05) is 10.6 Å². The van der Waals surface area contributed by atoms with E-state index in [9.17, 15) is 19.8 Å². The smallest absolute Gasteiger partial charge is 0.196 e. The number of aromatic hydroxyl groups is 2. The Bertz CT molecular complexity index is 754. The number of Topliss-reactive ketones (excluding diaryl/α,β-unsaturated/α-hetero) is 1. The van der Waals surface area contributed by atoms with Crippen molar-refractivity contribution in [2.45, 2.75) is 6.92 Å². The molecule has 0 spiro atoms. The Balaban J connectivity index is 2.55. The molecule has 0 unspecified atom stereocenters. The minimum Gasteiger partial charge on any atom is -0.507 e. The Morgan fingerprint density at radius 3 is 2.29 bits per heavy atom. The molecule has 0 saturated heterocycles. The molecule has 0 saturated carbocycles. The molecule has 0 aliphatic heterocycles. The van der Waals surface area contributed by atoms with Crippen LogP contribution in [0.5, 0.6) is 11.5 Å². The zero-order chi connectivity index (χ0) is 15.7. The van der Waals surface area contributed by atoms with E-state index in [1.165, 1.54) is 37.3 Å². The van der Waals surface area contributed by atoms with Crippen LogP contribution >= 0.6 is 23.2 Å². The highest BCUT2D eigenvalue weighted by Crippen LogP contribution is 2.33. The second kappa shape index (κ2) is 5.76. The number of hydrogen-bond donors (Lipinski definition) is 2. The van der Waals surface area contributed by atoms with Gasteiger partial charge in [-0.2, -0.15) is 0 Å². The van der Waals surface area contributed by atoms with E-state index >= 15 is 0 Å². The van der Waals surface area contributed by atoms with Crippen molar-refractivity contribution >= 4 is 34.8 Å². The van der Waals surface area contributed by atoms with Gasteiger partial charge < -0.3 is 10.2 Å². The molecule has 0 radical (unpaired) electrons. The van der Waals surface area contributed by atoms with Crippen LogP contribution in [0.25, 0.3) is 0 Å². The van der Waals surface area contributed by atoms with E-state index in [4.69, 9.17) is 23.2 Å². The summed E-state index contributed by atoms with van der Waals surface area (Å²) in [6, 6.07) is 6.44. The van der Waals surface area contributed by atoms with Gasteiger partial charge in [-0.25, -0.2) is 0 Å². The van der Waals surface area contributed by atoms with Gasteiger partial charge in [0.1, 0.15) is 11.5 Å². The molecule has 4 nitrogen and oxygen atoms in total. The lowest BCUT2D eigenvalue weighted by atomic mass is 9.99. The Morgan fingerprint density at radius 2 is 1.67 bits per heavy atom. The van der Waals surface area contributed by atoms with Crippen LogP contribution in [-0.4, -0.2) is 21.8 Å². The SMILES string of the molecule is CC(=O)c1cc(C(=O)c2cc(Cl)cc(Cl)c2O)ccc1O. The predicted molar refractivity (Wildman–Crippen MR) is 79.7 cm³/mol. The molecule has 2 N–H and O–H groups in total. The molecule has 0 fully saturated rings. The average Bonchev–Trinajstić information content (AvgIpc) is 2.42. The van der Waals surface area contributed by atoms with Crippen LogP contribution in [0.3, 0.4) is 0 Å². The highest BCUT2D eigenvalue weighted by molar-refractivity contribution is 6.36. The zero-order valence-corrected chi connectivity index (χ0v) is 12.4. The van der Waals surface area contributed by atoms with Crippen molar-refractivity contribution in [3.05, 3.63) is 57.1 Å². The summed E-state index contributed by atoms with van der Waals surface area (Å²) in [5.74, 6) is -1.54. The molecule has 2 aromatic carbocycles. The van der Waals surface area contributed by atoms with E-state index in [-0.39, 0.29) is 44.0 Å². The lowest BCUT2D eigenvalue weighted by Crippen LogP contribution is -2.04. The first-order valence-electron chi connectivity index (χ1n) is 5.88. The third-order valence-electron chi connectivity index (χ3n) is 2.91. The fraction of sp³-hybridized carbons (Fsp3) is 0.0667. The number of hydrogen-bond acceptors (Lipinski definition) is 4. The lowest BCUT2D eigenvalue weighted by Gasteiger charge is -2.08. The first kappa shape index (κ1) is 15.4. The summed E-state index contributed by atoms with van der Waals surface area (Å²) in [5, 5.41) is 19.6. The molecule has 108 valence electrons. The number of halogens is 2. The van der Waals surface area contributed by atoms with E-state index < -0.39 is 5.78 Å². The molecular weight excluding hydrogens is 315 g/mol. The van der Waals surface area contributed by atoms with E-state index in [0.29, 0.717) is 0 Å². The van der Waals surface area contributed by atoms with E-state index in [1.807, 2.05) is 0 Å². The molecule has 0 bridgehead atoms. The maximum absolute atomic E-state index is 12.4. The zero-order valence-electron chi connectivity index (χ0n) is 10.9. The second-order valence-electron chi connectivity index (χ2n) is 4.40. The molecule has 0 amide bonds. The monoisotopic (exact) mass is 324 g/mol. The topological polar surface area (TPSA) is 74.6 Å². The number of carbonyl (C=O) groups is 2. The molecule has 0 aromatic heterocycles. The Kier molecular flexibility index (Phi) is 4.21. The molecule has 2 aromatic rings. The van der Waals surface area contributed by atoms with Gasteiger partial charge in [0.25, 0.3) is 0 Å². The van der Waals surface area contributed by atoms with Gasteiger partial charge >= 0.3 is 0 Å². The first-order valence-corrected chi connectivity index (χ1v) is 6.63. The molecular formula is C15H10Cl2O4. The number of benzene rings is 2. The predicted octanol–water partition coefficient (Wildman–Crippen LogP) is 3.84. The van der Waals surface area contributed by atoms with Gasteiger partial charge in [0.05, 0.1) is 16.1 Å². The highest BCUT2D eigenvalue weighted by atomic mass is 35.5. The summed E-state index contributed by atoms with van der Waals surface area (Å²) in [5.41, 5.74) is 0.0767. The van der Waals surface area contributed by atoms with Crippen LogP contribution in [0.1, 0.15) is 33.2 Å². The summed E-state index contributed by atoms with van der Waals surface area (Å²) < 4.78 is 0. The Hall–Kier alpha value is -2.04. The van der Waals surface area contributed by atoms with Crippen molar-refractivity contribution < 1.29 is 19.8 Å². The van der Waals surface area contributed by atoms with Crippen LogP contribution in [0, 0.1) is 0 Å². The number of carbonyl (C=O) groups excluding carboxylic acids is 2. The van der Waals surface area contributed by atoms with Crippen LogP contribution in [0.2, 0.25) is 10.0 Å². The fourth-order valence-electron chi connectivity index (χ4n) is 1.85. The summed E-state index contributed by atoms with van der Waals surface area (Å²) in [6.07, 6.45) is 0. The van der Waals surface area contributed by atoms with Crippen molar-refractivity contribution in [2.24, 2.45) is 0 Å². The summed E-state index contributed by atoms with van der Waals surface area (Å²) in [6.45, 7) is 1.27.